The second-order valence-corrected chi connectivity index (χ2v) is 9.94. The Morgan fingerprint density at radius 2 is 1.97 bits per heavy atom. The van der Waals surface area contributed by atoms with E-state index in [1.54, 1.807) is 11.8 Å². The smallest absolute Gasteiger partial charge is 0.151 e. The molecule has 0 spiro atoms. The first kappa shape index (κ1) is 25.3. The molecule has 1 aliphatic rings. The van der Waals surface area contributed by atoms with Crippen LogP contribution in [-0.2, 0) is 0 Å². The molecular formula is C26H38N4S. The van der Waals surface area contributed by atoms with Gasteiger partial charge in [-0.05, 0) is 90.4 Å². The third-order valence-corrected chi connectivity index (χ3v) is 6.77. The average molecular weight is 439 g/mol. The zero-order valence-electron chi connectivity index (χ0n) is 20.0. The zero-order valence-corrected chi connectivity index (χ0v) is 20.9. The van der Waals surface area contributed by atoms with Gasteiger partial charge in [0.15, 0.2) is 5.82 Å². The normalized spacial score (nSPS) is 22.6. The molecule has 0 saturated heterocycles. The summed E-state index contributed by atoms with van der Waals surface area (Å²) in [6.07, 6.45) is 13.2. The van der Waals surface area contributed by atoms with Crippen molar-refractivity contribution in [3.8, 4) is 0 Å². The van der Waals surface area contributed by atoms with Gasteiger partial charge in [0.25, 0.3) is 0 Å². The topological polar surface area (TPSA) is 63.6 Å². The Hall–Kier alpha value is -1.98. The molecule has 1 fully saturated rings. The third-order valence-electron chi connectivity index (χ3n) is 5.72. The average Bonchev–Trinajstić information content (AvgIpc) is 2.71. The van der Waals surface area contributed by atoms with Gasteiger partial charge in [-0.2, -0.15) is 0 Å². The van der Waals surface area contributed by atoms with Crippen LogP contribution in [0.4, 0.5) is 0 Å². The standard InChI is InChI=1S/C26H38N4S/c1-8-10-11-22-20(6)28-17-14-23(22)31-24(9-2)30-25(18(3)4)29-19(5)21-12-15-26(7,27)16-13-21/h9-11,14,17,21H,2,8,12-13,15-16,27H2,1,3-7H3/b11-10-,29-19+,30-24+. The Kier molecular flexibility index (Phi) is 9.45. The van der Waals surface area contributed by atoms with Crippen LogP contribution in [0.5, 0.6) is 0 Å². The molecule has 1 saturated carbocycles. The molecule has 2 N–H and O–H groups in total. The molecule has 4 nitrogen and oxygen atoms in total. The van der Waals surface area contributed by atoms with Crippen LogP contribution in [0.3, 0.4) is 0 Å². The molecule has 0 radical (unpaired) electrons. The van der Waals surface area contributed by atoms with Crippen molar-refractivity contribution in [2.45, 2.75) is 84.1 Å². The summed E-state index contributed by atoms with van der Waals surface area (Å²) < 4.78 is 0. The van der Waals surface area contributed by atoms with E-state index in [-0.39, 0.29) is 5.54 Å². The molecule has 0 atom stereocenters. The molecule has 2 rings (SSSR count). The summed E-state index contributed by atoms with van der Waals surface area (Å²) in [5, 5.41) is 0.836. The lowest BCUT2D eigenvalue weighted by Crippen LogP contribution is -2.41. The van der Waals surface area contributed by atoms with E-state index >= 15 is 0 Å². The van der Waals surface area contributed by atoms with Crippen LogP contribution in [0.15, 0.2) is 57.3 Å². The fourth-order valence-corrected chi connectivity index (χ4v) is 4.51. The lowest BCUT2D eigenvalue weighted by Gasteiger charge is -2.34. The van der Waals surface area contributed by atoms with Crippen molar-refractivity contribution in [1.82, 2.24) is 4.98 Å². The monoisotopic (exact) mass is 438 g/mol. The summed E-state index contributed by atoms with van der Waals surface area (Å²) in [4.78, 5) is 15.4. The SMILES string of the molecule is C=C/C(=N\C(/N=C(\C)C1CCC(C)(N)CC1)=C(C)C)Sc1ccnc(C)c1/C=C\CC. The van der Waals surface area contributed by atoms with Crippen LogP contribution in [0.1, 0.15) is 78.0 Å². The summed E-state index contributed by atoms with van der Waals surface area (Å²) in [5.41, 5.74) is 10.7. The fourth-order valence-electron chi connectivity index (χ4n) is 3.61. The predicted octanol–water partition coefficient (Wildman–Crippen LogP) is 7.11. The van der Waals surface area contributed by atoms with Crippen molar-refractivity contribution in [1.29, 1.82) is 0 Å². The lowest BCUT2D eigenvalue weighted by atomic mass is 9.77. The summed E-state index contributed by atoms with van der Waals surface area (Å²) in [6.45, 7) is 16.6. The van der Waals surface area contributed by atoms with Crippen molar-refractivity contribution < 1.29 is 0 Å². The van der Waals surface area contributed by atoms with Crippen molar-refractivity contribution >= 4 is 28.6 Å². The number of aliphatic imine (C=N–C) groups is 2. The number of nitrogens with zero attached hydrogens (tertiary/aromatic N) is 3. The van der Waals surface area contributed by atoms with Gasteiger partial charge in [-0.15, -0.1) is 0 Å². The number of hydrogen-bond acceptors (Lipinski definition) is 5. The molecule has 1 aliphatic carbocycles. The molecule has 1 aromatic rings. The minimum Gasteiger partial charge on any atom is -0.325 e. The van der Waals surface area contributed by atoms with E-state index in [2.05, 4.69) is 58.3 Å². The van der Waals surface area contributed by atoms with Crippen molar-refractivity contribution in [2.75, 3.05) is 0 Å². The van der Waals surface area contributed by atoms with E-state index in [1.165, 1.54) is 0 Å². The van der Waals surface area contributed by atoms with Crippen LogP contribution in [0, 0.1) is 12.8 Å². The summed E-state index contributed by atoms with van der Waals surface area (Å²) in [5.74, 6) is 1.26. The third kappa shape index (κ3) is 7.58. The minimum atomic E-state index is -0.0342. The number of rotatable bonds is 7. The van der Waals surface area contributed by atoms with Gasteiger partial charge in [0.1, 0.15) is 5.04 Å². The lowest BCUT2D eigenvalue weighted by molar-refractivity contribution is 0.291. The maximum Gasteiger partial charge on any atom is 0.151 e. The van der Waals surface area contributed by atoms with E-state index in [9.17, 15) is 0 Å². The maximum absolute atomic E-state index is 6.31. The van der Waals surface area contributed by atoms with E-state index in [0.717, 1.165) is 70.4 Å². The highest BCUT2D eigenvalue weighted by molar-refractivity contribution is 8.14. The molecule has 0 aliphatic heterocycles. The second kappa shape index (κ2) is 11.6. The van der Waals surface area contributed by atoms with Crippen molar-refractivity contribution in [3.05, 3.63) is 53.6 Å². The maximum atomic E-state index is 6.31. The molecule has 1 heterocycles. The number of nitrogens with two attached hydrogens (primary N) is 1. The first-order valence-electron chi connectivity index (χ1n) is 11.2. The number of pyridine rings is 1. The van der Waals surface area contributed by atoms with Gasteiger partial charge in [-0.1, -0.05) is 37.4 Å². The molecule has 168 valence electrons. The van der Waals surface area contributed by atoms with Gasteiger partial charge >= 0.3 is 0 Å². The molecule has 0 amide bonds. The van der Waals surface area contributed by atoms with E-state index in [1.807, 2.05) is 25.3 Å². The van der Waals surface area contributed by atoms with Crippen LogP contribution < -0.4 is 5.73 Å². The second-order valence-electron chi connectivity index (χ2n) is 8.88. The van der Waals surface area contributed by atoms with Gasteiger partial charge in [0.2, 0.25) is 0 Å². The Morgan fingerprint density at radius 3 is 2.55 bits per heavy atom. The molecule has 0 bridgehead atoms. The minimum absolute atomic E-state index is 0.0342. The molecule has 1 aromatic heterocycles. The number of thioether (sulfide) groups is 1. The number of hydrogen-bond donors (Lipinski definition) is 1. The van der Waals surface area contributed by atoms with Crippen molar-refractivity contribution in [2.24, 2.45) is 21.6 Å². The summed E-state index contributed by atoms with van der Waals surface area (Å²) in [6, 6.07) is 2.04. The van der Waals surface area contributed by atoms with Crippen LogP contribution >= 0.6 is 11.8 Å². The number of aromatic nitrogens is 1. The molecular weight excluding hydrogens is 400 g/mol. The molecule has 31 heavy (non-hydrogen) atoms. The summed E-state index contributed by atoms with van der Waals surface area (Å²) in [7, 11) is 0. The predicted molar refractivity (Wildman–Crippen MR) is 138 cm³/mol. The Balaban J connectivity index is 2.29. The van der Waals surface area contributed by atoms with Gasteiger partial charge < -0.3 is 5.73 Å². The van der Waals surface area contributed by atoms with Crippen molar-refractivity contribution in [3.63, 3.8) is 0 Å². The number of aryl methyl sites for hydroxylation is 1. The van der Waals surface area contributed by atoms with Crippen LogP contribution in [-0.4, -0.2) is 21.3 Å². The van der Waals surface area contributed by atoms with E-state index in [4.69, 9.17) is 15.7 Å². The number of allylic oxidation sites excluding steroid dienone is 2. The van der Waals surface area contributed by atoms with E-state index < -0.39 is 0 Å². The highest BCUT2D eigenvalue weighted by atomic mass is 32.2. The Morgan fingerprint density at radius 1 is 1.29 bits per heavy atom. The first-order valence-corrected chi connectivity index (χ1v) is 12.0. The van der Waals surface area contributed by atoms with Gasteiger partial charge in [-0.25, -0.2) is 9.98 Å². The Bertz CT molecular complexity index is 892. The van der Waals surface area contributed by atoms with E-state index in [0.29, 0.717) is 5.92 Å². The molecule has 5 heteroatoms. The van der Waals surface area contributed by atoms with Gasteiger partial charge in [-0.3, -0.25) is 4.98 Å². The summed E-state index contributed by atoms with van der Waals surface area (Å²) >= 11 is 1.61. The highest BCUT2D eigenvalue weighted by Gasteiger charge is 2.28. The van der Waals surface area contributed by atoms with Gasteiger partial charge in [0, 0.05) is 33.6 Å². The van der Waals surface area contributed by atoms with Gasteiger partial charge in [0.05, 0.1) is 0 Å². The quantitative estimate of drug-likeness (QED) is 0.280. The fraction of sp³-hybridized carbons (Fsp3) is 0.500. The Labute approximate surface area is 192 Å². The van der Waals surface area contributed by atoms with Crippen LogP contribution in [0.2, 0.25) is 0 Å². The van der Waals surface area contributed by atoms with Crippen LogP contribution in [0.25, 0.3) is 6.08 Å². The largest absolute Gasteiger partial charge is 0.325 e. The molecule has 0 unspecified atom stereocenters. The zero-order chi connectivity index (χ0) is 23.0. The first-order chi connectivity index (χ1) is 14.7. The highest BCUT2D eigenvalue weighted by Crippen LogP contribution is 2.32. The molecule has 0 aromatic carbocycles.